The van der Waals surface area contributed by atoms with E-state index in [2.05, 4.69) is 5.32 Å². The van der Waals surface area contributed by atoms with Gasteiger partial charge in [-0.05, 0) is 37.0 Å². The second-order valence-electron chi connectivity index (χ2n) is 7.16. The highest BCUT2D eigenvalue weighted by Crippen LogP contribution is 2.35. The molecule has 25 heavy (non-hydrogen) atoms. The van der Waals surface area contributed by atoms with Crippen molar-refractivity contribution in [3.8, 4) is 16.9 Å². The number of phenolic OH excluding ortho intramolecular Hbond substituents is 1. The van der Waals surface area contributed by atoms with Crippen LogP contribution in [0.4, 0.5) is 0 Å². The molecule has 2 N–H and O–H groups in total. The lowest BCUT2D eigenvalue weighted by Crippen LogP contribution is -2.31. The van der Waals surface area contributed by atoms with Crippen molar-refractivity contribution in [1.29, 1.82) is 0 Å². The lowest BCUT2D eigenvalue weighted by Gasteiger charge is -2.17. The molecule has 2 aliphatic rings. The van der Waals surface area contributed by atoms with Crippen LogP contribution in [0, 0.1) is 12.8 Å². The Kier molecular flexibility index (Phi) is 4.22. The minimum absolute atomic E-state index is 0.00707. The van der Waals surface area contributed by atoms with Crippen LogP contribution in [0.1, 0.15) is 24.0 Å². The maximum Gasteiger partial charge on any atom is 0.310 e. The van der Waals surface area contributed by atoms with E-state index in [1.807, 2.05) is 37.3 Å². The summed E-state index contributed by atoms with van der Waals surface area (Å²) in [5.41, 5.74) is 3.58. The Hall–Kier alpha value is -2.33. The average molecular weight is 337 g/mol. The number of ether oxygens (including phenoxy) is 1. The van der Waals surface area contributed by atoms with E-state index in [4.69, 9.17) is 4.74 Å². The smallest absolute Gasteiger partial charge is 0.310 e. The van der Waals surface area contributed by atoms with Crippen LogP contribution in [0.25, 0.3) is 11.1 Å². The zero-order chi connectivity index (χ0) is 17.4. The summed E-state index contributed by atoms with van der Waals surface area (Å²) in [5, 5.41) is 13.8. The maximum absolute atomic E-state index is 12.5. The van der Waals surface area contributed by atoms with Gasteiger partial charge in [0, 0.05) is 24.1 Å². The molecule has 4 rings (SSSR count). The van der Waals surface area contributed by atoms with E-state index in [0.29, 0.717) is 17.5 Å². The molecule has 1 saturated carbocycles. The van der Waals surface area contributed by atoms with E-state index >= 15 is 0 Å². The van der Waals surface area contributed by atoms with Gasteiger partial charge in [0.1, 0.15) is 11.9 Å². The standard InChI is InChI=1S/C21H23NO3/c1-13-5-7-14(8-6-13)20-15(3-2-4-18(20)23)11-19(24)25-21-16-9-10-17(21)22-12-16/h2-8,16-17,21-23H,9-12H2,1H3. The molecule has 2 aromatic carbocycles. The number of aromatic hydroxyl groups is 1. The summed E-state index contributed by atoms with van der Waals surface area (Å²) >= 11 is 0. The van der Waals surface area contributed by atoms with Crippen LogP contribution < -0.4 is 5.32 Å². The molecule has 130 valence electrons. The maximum atomic E-state index is 12.5. The Morgan fingerprint density at radius 1 is 1.20 bits per heavy atom. The van der Waals surface area contributed by atoms with E-state index in [9.17, 15) is 9.90 Å². The number of hydrogen-bond donors (Lipinski definition) is 2. The third-order valence-electron chi connectivity index (χ3n) is 5.42. The van der Waals surface area contributed by atoms with E-state index in [1.54, 1.807) is 12.1 Å². The first-order valence-corrected chi connectivity index (χ1v) is 8.92. The summed E-state index contributed by atoms with van der Waals surface area (Å²) in [6.07, 6.45) is 2.40. The second-order valence-corrected chi connectivity index (χ2v) is 7.16. The van der Waals surface area contributed by atoms with Crippen molar-refractivity contribution in [2.24, 2.45) is 5.92 Å². The normalized spacial score (nSPS) is 24.4. The SMILES string of the molecule is Cc1ccc(-c2c(O)cccc2CC(=O)OC2C3CCC2NC3)cc1. The molecule has 1 saturated heterocycles. The molecule has 0 spiro atoms. The number of phenols is 1. The zero-order valence-corrected chi connectivity index (χ0v) is 14.4. The van der Waals surface area contributed by atoms with Crippen molar-refractivity contribution < 1.29 is 14.6 Å². The number of esters is 1. The van der Waals surface area contributed by atoms with Gasteiger partial charge in [-0.1, -0.05) is 42.0 Å². The lowest BCUT2D eigenvalue weighted by atomic mass is 9.96. The summed E-state index contributed by atoms with van der Waals surface area (Å²) in [6, 6.07) is 13.6. The number of rotatable bonds is 4. The van der Waals surface area contributed by atoms with E-state index in [0.717, 1.165) is 36.1 Å². The largest absolute Gasteiger partial charge is 0.507 e. The van der Waals surface area contributed by atoms with E-state index in [-0.39, 0.29) is 24.2 Å². The van der Waals surface area contributed by atoms with Crippen molar-refractivity contribution in [2.75, 3.05) is 6.54 Å². The monoisotopic (exact) mass is 337 g/mol. The third-order valence-corrected chi connectivity index (χ3v) is 5.42. The van der Waals surface area contributed by atoms with Gasteiger partial charge in [0.15, 0.2) is 0 Å². The van der Waals surface area contributed by atoms with Crippen LogP contribution in [0.2, 0.25) is 0 Å². The molecule has 3 atom stereocenters. The molecular weight excluding hydrogens is 314 g/mol. The van der Waals surface area contributed by atoms with Crippen molar-refractivity contribution in [3.05, 3.63) is 53.6 Å². The van der Waals surface area contributed by atoms with E-state index in [1.165, 1.54) is 0 Å². The van der Waals surface area contributed by atoms with Gasteiger partial charge in [0.25, 0.3) is 0 Å². The van der Waals surface area contributed by atoms with E-state index < -0.39 is 0 Å². The zero-order valence-electron chi connectivity index (χ0n) is 14.4. The molecule has 2 aromatic rings. The lowest BCUT2D eigenvalue weighted by molar-refractivity contribution is -0.149. The summed E-state index contributed by atoms with van der Waals surface area (Å²) < 4.78 is 5.77. The Balaban J connectivity index is 1.55. The molecule has 1 heterocycles. The molecule has 0 aromatic heterocycles. The van der Waals surface area contributed by atoms with Crippen molar-refractivity contribution >= 4 is 5.97 Å². The first-order valence-electron chi connectivity index (χ1n) is 8.92. The summed E-state index contributed by atoms with van der Waals surface area (Å²) in [4.78, 5) is 12.5. The number of piperidine rings is 1. The fraction of sp³-hybridized carbons (Fsp3) is 0.381. The van der Waals surface area contributed by atoms with Gasteiger partial charge in [-0.2, -0.15) is 0 Å². The number of hydrogen-bond acceptors (Lipinski definition) is 4. The van der Waals surface area contributed by atoms with Crippen molar-refractivity contribution in [1.82, 2.24) is 5.32 Å². The van der Waals surface area contributed by atoms with Crippen LogP contribution in [0.15, 0.2) is 42.5 Å². The Morgan fingerprint density at radius 3 is 2.64 bits per heavy atom. The van der Waals surface area contributed by atoms with Crippen LogP contribution in [0.3, 0.4) is 0 Å². The van der Waals surface area contributed by atoms with Gasteiger partial charge in [-0.3, -0.25) is 4.79 Å². The molecule has 1 aliphatic heterocycles. The molecule has 3 unspecified atom stereocenters. The van der Waals surface area contributed by atoms with Crippen LogP contribution in [0.5, 0.6) is 5.75 Å². The Morgan fingerprint density at radius 2 is 2.00 bits per heavy atom. The Bertz CT molecular complexity index is 764. The van der Waals surface area contributed by atoms with Crippen LogP contribution in [-0.2, 0) is 16.0 Å². The van der Waals surface area contributed by atoms with Gasteiger partial charge in [-0.25, -0.2) is 0 Å². The average Bonchev–Trinajstić information content (AvgIpc) is 3.15. The topological polar surface area (TPSA) is 58.6 Å². The van der Waals surface area contributed by atoms with Gasteiger partial charge in [-0.15, -0.1) is 0 Å². The van der Waals surface area contributed by atoms with Crippen LogP contribution >= 0.6 is 0 Å². The fourth-order valence-corrected chi connectivity index (χ4v) is 4.10. The molecule has 0 radical (unpaired) electrons. The highest BCUT2D eigenvalue weighted by atomic mass is 16.5. The molecular formula is C21H23NO3. The Labute approximate surface area is 147 Å². The molecule has 1 aliphatic carbocycles. The molecule has 2 fully saturated rings. The quantitative estimate of drug-likeness (QED) is 0.841. The molecule has 4 nitrogen and oxygen atoms in total. The summed E-state index contributed by atoms with van der Waals surface area (Å²) in [6.45, 7) is 2.97. The number of benzene rings is 2. The minimum atomic E-state index is -0.218. The first kappa shape index (κ1) is 16.2. The third kappa shape index (κ3) is 3.14. The number of nitrogens with one attached hydrogen (secondary N) is 1. The van der Waals surface area contributed by atoms with Crippen LogP contribution in [-0.4, -0.2) is 29.8 Å². The predicted molar refractivity (Wildman–Crippen MR) is 96.4 cm³/mol. The number of carbonyl (C=O) groups excluding carboxylic acids is 1. The van der Waals surface area contributed by atoms with Gasteiger partial charge >= 0.3 is 5.97 Å². The first-order chi connectivity index (χ1) is 12.1. The minimum Gasteiger partial charge on any atom is -0.507 e. The highest BCUT2D eigenvalue weighted by Gasteiger charge is 2.44. The molecule has 0 amide bonds. The number of fused-ring (bicyclic) bond motifs is 2. The van der Waals surface area contributed by atoms with Gasteiger partial charge in [0.05, 0.1) is 6.42 Å². The summed E-state index contributed by atoms with van der Waals surface area (Å²) in [7, 11) is 0. The van der Waals surface area contributed by atoms with Crippen molar-refractivity contribution in [2.45, 2.75) is 38.3 Å². The second kappa shape index (κ2) is 6.52. The summed E-state index contributed by atoms with van der Waals surface area (Å²) in [5.74, 6) is 0.427. The van der Waals surface area contributed by atoms with Gasteiger partial charge < -0.3 is 15.2 Å². The fourth-order valence-electron chi connectivity index (χ4n) is 4.10. The number of carbonyl (C=O) groups is 1. The number of aryl methyl sites for hydroxylation is 1. The molecule has 4 heteroatoms. The van der Waals surface area contributed by atoms with Gasteiger partial charge in [0.2, 0.25) is 0 Å². The molecule has 2 bridgehead atoms. The predicted octanol–water partition coefficient (Wildman–Crippen LogP) is 3.20. The van der Waals surface area contributed by atoms with Crippen molar-refractivity contribution in [3.63, 3.8) is 0 Å². The highest BCUT2D eigenvalue weighted by molar-refractivity contribution is 5.81.